The number of carbonyl (C=O) groups is 1. The second-order valence-corrected chi connectivity index (χ2v) is 7.59. The molecule has 3 rings (SSSR count). The molecule has 1 amide bonds. The fraction of sp³-hybridized carbons (Fsp3) is 0.300. The number of carbonyl (C=O) groups excluding carboxylic acids is 1. The lowest BCUT2D eigenvalue weighted by atomic mass is 10.1. The Kier molecular flexibility index (Phi) is 5.23. The Morgan fingerprint density at radius 1 is 1.15 bits per heavy atom. The standard InChI is InChI=1S/C20H22N4O2S/c1-12-13(2)22-24(5)19(25)16(12)18-21-14(3)17(27-18)20(26)23(4)11-15-9-7-6-8-10-15/h6-10H,11H2,1-5H3. The van der Waals surface area contributed by atoms with Crippen LogP contribution in [-0.4, -0.2) is 32.6 Å². The summed E-state index contributed by atoms with van der Waals surface area (Å²) in [6.45, 7) is 6.04. The quantitative estimate of drug-likeness (QED) is 0.695. The summed E-state index contributed by atoms with van der Waals surface area (Å²) in [5, 5.41) is 4.77. The summed E-state index contributed by atoms with van der Waals surface area (Å²) in [5.41, 5.74) is 3.57. The highest BCUT2D eigenvalue weighted by molar-refractivity contribution is 7.17. The normalized spacial score (nSPS) is 10.9. The molecule has 0 aliphatic rings. The van der Waals surface area contributed by atoms with Crippen molar-refractivity contribution in [2.45, 2.75) is 27.3 Å². The van der Waals surface area contributed by atoms with Crippen LogP contribution >= 0.6 is 11.3 Å². The van der Waals surface area contributed by atoms with E-state index < -0.39 is 0 Å². The van der Waals surface area contributed by atoms with Gasteiger partial charge in [-0.05, 0) is 31.9 Å². The zero-order chi connectivity index (χ0) is 19.7. The third-order valence-electron chi connectivity index (χ3n) is 4.54. The highest BCUT2D eigenvalue weighted by Crippen LogP contribution is 2.29. The Balaban J connectivity index is 1.96. The third-order valence-corrected chi connectivity index (χ3v) is 5.70. The maximum atomic E-state index is 12.9. The lowest BCUT2D eigenvalue weighted by molar-refractivity contribution is 0.0789. The molecule has 0 atom stereocenters. The average Bonchev–Trinajstić information content (AvgIpc) is 3.01. The summed E-state index contributed by atoms with van der Waals surface area (Å²) in [7, 11) is 3.40. The second kappa shape index (κ2) is 7.44. The zero-order valence-corrected chi connectivity index (χ0v) is 16.9. The first-order chi connectivity index (χ1) is 12.8. The van der Waals surface area contributed by atoms with Gasteiger partial charge in [-0.2, -0.15) is 5.10 Å². The van der Waals surface area contributed by atoms with Crippen LogP contribution in [0.15, 0.2) is 35.1 Å². The number of hydrogen-bond donors (Lipinski definition) is 0. The van der Waals surface area contributed by atoms with E-state index in [9.17, 15) is 9.59 Å². The van der Waals surface area contributed by atoms with E-state index in [1.54, 1.807) is 25.9 Å². The van der Waals surface area contributed by atoms with Crippen molar-refractivity contribution in [3.05, 3.63) is 68.1 Å². The molecular formula is C20H22N4O2S. The van der Waals surface area contributed by atoms with E-state index in [1.807, 2.05) is 44.2 Å². The van der Waals surface area contributed by atoms with Crippen molar-refractivity contribution in [3.8, 4) is 10.6 Å². The van der Waals surface area contributed by atoms with Gasteiger partial charge in [0.1, 0.15) is 9.88 Å². The van der Waals surface area contributed by atoms with Crippen LogP contribution in [-0.2, 0) is 13.6 Å². The summed E-state index contributed by atoms with van der Waals surface area (Å²) in [4.78, 5) is 32.2. The number of benzene rings is 1. The lowest BCUT2D eigenvalue weighted by Crippen LogP contribution is -2.26. The highest BCUT2D eigenvalue weighted by Gasteiger charge is 2.23. The van der Waals surface area contributed by atoms with Crippen LogP contribution in [0.4, 0.5) is 0 Å². The van der Waals surface area contributed by atoms with Gasteiger partial charge in [0.2, 0.25) is 0 Å². The molecule has 0 radical (unpaired) electrons. The molecule has 0 spiro atoms. The van der Waals surface area contributed by atoms with E-state index in [-0.39, 0.29) is 11.5 Å². The fourth-order valence-electron chi connectivity index (χ4n) is 2.90. The van der Waals surface area contributed by atoms with Crippen molar-refractivity contribution in [1.82, 2.24) is 19.7 Å². The van der Waals surface area contributed by atoms with E-state index in [0.29, 0.717) is 27.7 Å². The van der Waals surface area contributed by atoms with Crippen LogP contribution in [0, 0.1) is 20.8 Å². The van der Waals surface area contributed by atoms with Crippen molar-refractivity contribution in [1.29, 1.82) is 0 Å². The first-order valence-corrected chi connectivity index (χ1v) is 9.43. The van der Waals surface area contributed by atoms with Gasteiger partial charge in [0.05, 0.1) is 17.0 Å². The minimum Gasteiger partial charge on any atom is -0.337 e. The number of rotatable bonds is 4. The van der Waals surface area contributed by atoms with Crippen LogP contribution in [0.2, 0.25) is 0 Å². The Morgan fingerprint density at radius 2 is 1.81 bits per heavy atom. The molecule has 27 heavy (non-hydrogen) atoms. The van der Waals surface area contributed by atoms with Crippen LogP contribution in [0.25, 0.3) is 10.6 Å². The monoisotopic (exact) mass is 382 g/mol. The van der Waals surface area contributed by atoms with Crippen LogP contribution < -0.4 is 5.56 Å². The van der Waals surface area contributed by atoms with E-state index in [2.05, 4.69) is 10.1 Å². The molecule has 2 heterocycles. The van der Waals surface area contributed by atoms with Crippen LogP contribution in [0.3, 0.4) is 0 Å². The number of aryl methyl sites for hydroxylation is 3. The summed E-state index contributed by atoms with van der Waals surface area (Å²) in [6, 6.07) is 9.83. The second-order valence-electron chi connectivity index (χ2n) is 6.59. The van der Waals surface area contributed by atoms with Gasteiger partial charge in [-0.25, -0.2) is 9.67 Å². The van der Waals surface area contributed by atoms with Crippen LogP contribution in [0.5, 0.6) is 0 Å². The van der Waals surface area contributed by atoms with Gasteiger partial charge in [0, 0.05) is 20.6 Å². The summed E-state index contributed by atoms with van der Waals surface area (Å²) < 4.78 is 1.32. The molecule has 1 aromatic carbocycles. The molecule has 0 aliphatic heterocycles. The van der Waals surface area contributed by atoms with Gasteiger partial charge in [0.15, 0.2) is 0 Å². The predicted octanol–water partition coefficient (Wildman–Crippen LogP) is 3.10. The SMILES string of the molecule is Cc1nc(-c2c(C)c(C)nn(C)c2=O)sc1C(=O)N(C)Cc1ccccc1. The zero-order valence-electron chi connectivity index (χ0n) is 16.1. The molecule has 0 unspecified atom stereocenters. The van der Waals surface area contributed by atoms with Crippen molar-refractivity contribution in [3.63, 3.8) is 0 Å². The molecule has 0 fully saturated rings. The van der Waals surface area contributed by atoms with Gasteiger partial charge in [-0.15, -0.1) is 11.3 Å². The molecule has 0 saturated carbocycles. The molecule has 140 valence electrons. The van der Waals surface area contributed by atoms with E-state index in [1.165, 1.54) is 16.0 Å². The average molecular weight is 382 g/mol. The van der Waals surface area contributed by atoms with Gasteiger partial charge in [0.25, 0.3) is 11.5 Å². The smallest absolute Gasteiger partial charge is 0.277 e. The van der Waals surface area contributed by atoms with Crippen molar-refractivity contribution >= 4 is 17.2 Å². The lowest BCUT2D eigenvalue weighted by Gasteiger charge is -2.16. The van der Waals surface area contributed by atoms with Crippen molar-refractivity contribution < 1.29 is 4.79 Å². The Bertz CT molecular complexity index is 1050. The maximum absolute atomic E-state index is 12.9. The number of amides is 1. The first kappa shape index (κ1) is 19.0. The molecule has 0 bridgehead atoms. The van der Waals surface area contributed by atoms with Gasteiger partial charge in [-0.3, -0.25) is 9.59 Å². The van der Waals surface area contributed by atoms with Crippen molar-refractivity contribution in [2.75, 3.05) is 7.05 Å². The Morgan fingerprint density at radius 3 is 2.48 bits per heavy atom. The molecular weight excluding hydrogens is 360 g/mol. The molecule has 3 aromatic rings. The Hall–Kier alpha value is -2.80. The minimum atomic E-state index is -0.205. The Labute approximate surface area is 162 Å². The summed E-state index contributed by atoms with van der Waals surface area (Å²) >= 11 is 1.26. The molecule has 7 heteroatoms. The molecule has 0 saturated heterocycles. The number of thiazole rings is 1. The fourth-order valence-corrected chi connectivity index (χ4v) is 4.06. The number of hydrogen-bond acceptors (Lipinski definition) is 5. The van der Waals surface area contributed by atoms with E-state index in [4.69, 9.17) is 0 Å². The molecule has 2 aromatic heterocycles. The van der Waals surface area contributed by atoms with E-state index >= 15 is 0 Å². The topological polar surface area (TPSA) is 68.1 Å². The molecule has 0 aliphatic carbocycles. The van der Waals surface area contributed by atoms with E-state index in [0.717, 1.165) is 16.8 Å². The van der Waals surface area contributed by atoms with Crippen LogP contribution in [0.1, 0.15) is 32.2 Å². The van der Waals surface area contributed by atoms with Gasteiger partial charge >= 0.3 is 0 Å². The molecule has 0 N–H and O–H groups in total. The van der Waals surface area contributed by atoms with Gasteiger partial charge in [-0.1, -0.05) is 30.3 Å². The summed E-state index contributed by atoms with van der Waals surface area (Å²) in [5.74, 6) is -0.0969. The maximum Gasteiger partial charge on any atom is 0.277 e. The first-order valence-electron chi connectivity index (χ1n) is 8.61. The third kappa shape index (κ3) is 3.68. The van der Waals surface area contributed by atoms with Gasteiger partial charge < -0.3 is 4.90 Å². The summed E-state index contributed by atoms with van der Waals surface area (Å²) in [6.07, 6.45) is 0. The van der Waals surface area contributed by atoms with Crippen molar-refractivity contribution in [2.24, 2.45) is 7.05 Å². The number of nitrogens with zero attached hydrogens (tertiary/aromatic N) is 4. The number of aromatic nitrogens is 3. The minimum absolute atomic E-state index is 0.0969. The highest BCUT2D eigenvalue weighted by atomic mass is 32.1. The largest absolute Gasteiger partial charge is 0.337 e. The predicted molar refractivity (Wildman–Crippen MR) is 107 cm³/mol. The molecule has 6 nitrogen and oxygen atoms in total.